The molecule has 0 heterocycles. The first-order valence-electron chi connectivity index (χ1n) is 5.13. The van der Waals surface area contributed by atoms with E-state index in [1.54, 1.807) is 0 Å². The normalized spacial score (nSPS) is 14.2. The lowest BCUT2D eigenvalue weighted by Gasteiger charge is -1.94. The molecule has 0 rings (SSSR count). The number of hydrogen-bond donors (Lipinski definition) is 0. The molecule has 0 spiro atoms. The van der Waals surface area contributed by atoms with Crippen molar-refractivity contribution in [3.8, 4) is 0 Å². The van der Waals surface area contributed by atoms with Crippen LogP contribution in [0.3, 0.4) is 0 Å². The first-order chi connectivity index (χ1) is 6.24. The van der Waals surface area contributed by atoms with E-state index < -0.39 is 0 Å². The first-order valence-corrected chi connectivity index (χ1v) is 5.13. The van der Waals surface area contributed by atoms with Crippen LogP contribution in [-0.2, 0) is 0 Å². The van der Waals surface area contributed by atoms with E-state index in [0.717, 1.165) is 19.3 Å². The second-order valence-corrected chi connectivity index (χ2v) is 3.07. The topological polar surface area (TPSA) is 12.4 Å². The van der Waals surface area contributed by atoms with Gasteiger partial charge in [-0.2, -0.15) is 0 Å². The van der Waals surface area contributed by atoms with Crippen LogP contribution in [0.4, 0.5) is 0 Å². The van der Waals surface area contributed by atoms with Crippen molar-refractivity contribution in [2.45, 2.75) is 47.0 Å². The van der Waals surface area contributed by atoms with Crippen LogP contribution in [0.5, 0.6) is 0 Å². The molecule has 1 nitrogen and oxygen atoms in total. The van der Waals surface area contributed by atoms with Crippen LogP contribution in [0.15, 0.2) is 28.9 Å². The molecule has 0 radical (unpaired) electrons. The molecule has 0 atom stereocenters. The molecule has 0 aromatic carbocycles. The summed E-state index contributed by atoms with van der Waals surface area (Å²) in [5.74, 6) is 0. The van der Waals surface area contributed by atoms with E-state index in [9.17, 15) is 0 Å². The lowest BCUT2D eigenvalue weighted by molar-refractivity contribution is 1.10. The van der Waals surface area contributed by atoms with E-state index in [4.69, 9.17) is 0 Å². The number of allylic oxidation sites excluding steroid dienone is 3. The van der Waals surface area contributed by atoms with Crippen LogP contribution in [0, 0.1) is 0 Å². The Bertz CT molecular complexity index is 209. The Morgan fingerprint density at radius 3 is 2.31 bits per heavy atom. The van der Waals surface area contributed by atoms with Crippen LogP contribution < -0.4 is 0 Å². The summed E-state index contributed by atoms with van der Waals surface area (Å²) in [5.41, 5.74) is 2.55. The summed E-state index contributed by atoms with van der Waals surface area (Å²) in [5, 5.41) is 0. The van der Waals surface area contributed by atoms with Crippen molar-refractivity contribution >= 4 is 5.71 Å². The zero-order valence-corrected chi connectivity index (χ0v) is 9.30. The van der Waals surface area contributed by atoms with Gasteiger partial charge in [-0.15, -0.1) is 0 Å². The van der Waals surface area contributed by atoms with Crippen molar-refractivity contribution in [1.82, 2.24) is 0 Å². The van der Waals surface area contributed by atoms with Crippen LogP contribution in [0.2, 0.25) is 0 Å². The van der Waals surface area contributed by atoms with Gasteiger partial charge in [-0.25, -0.2) is 0 Å². The molecule has 0 N–H and O–H groups in total. The van der Waals surface area contributed by atoms with E-state index in [1.165, 1.54) is 11.3 Å². The predicted octanol–water partition coefficient (Wildman–Crippen LogP) is 4.12. The number of hydrogen-bond acceptors (Lipinski definition) is 1. The average molecular weight is 179 g/mol. The number of rotatable bonds is 5. The molecule has 0 aromatic heterocycles. The van der Waals surface area contributed by atoms with Crippen LogP contribution in [0.25, 0.3) is 0 Å². The quantitative estimate of drug-likeness (QED) is 0.445. The molecule has 0 aliphatic heterocycles. The van der Waals surface area contributed by atoms with Gasteiger partial charge in [0.1, 0.15) is 0 Å². The smallest absolute Gasteiger partial charge is 0.0269 e. The van der Waals surface area contributed by atoms with Crippen molar-refractivity contribution in [1.29, 1.82) is 0 Å². The fourth-order valence-electron chi connectivity index (χ4n) is 0.944. The fraction of sp³-hybridized carbons (Fsp3) is 0.583. The van der Waals surface area contributed by atoms with Gasteiger partial charge in [-0.1, -0.05) is 32.4 Å². The van der Waals surface area contributed by atoms with E-state index >= 15 is 0 Å². The van der Waals surface area contributed by atoms with Gasteiger partial charge in [0.05, 0.1) is 0 Å². The average Bonchev–Trinajstić information content (AvgIpc) is 2.16. The summed E-state index contributed by atoms with van der Waals surface area (Å²) < 4.78 is 0. The molecule has 0 aliphatic rings. The fourth-order valence-corrected chi connectivity index (χ4v) is 0.944. The van der Waals surface area contributed by atoms with E-state index in [0.29, 0.717) is 0 Å². The van der Waals surface area contributed by atoms with Crippen molar-refractivity contribution in [3.05, 3.63) is 23.9 Å². The minimum absolute atomic E-state index is 1.03. The highest BCUT2D eigenvalue weighted by Gasteiger charge is 1.85. The zero-order chi connectivity index (χ0) is 10.1. The van der Waals surface area contributed by atoms with Crippen LogP contribution >= 0.6 is 0 Å². The van der Waals surface area contributed by atoms with Crippen LogP contribution in [-0.4, -0.2) is 5.71 Å². The first kappa shape index (κ1) is 12.2. The van der Waals surface area contributed by atoms with Gasteiger partial charge in [-0.05, 0) is 32.3 Å². The van der Waals surface area contributed by atoms with E-state index in [1.807, 2.05) is 6.20 Å². The van der Waals surface area contributed by atoms with Gasteiger partial charge in [0.15, 0.2) is 0 Å². The lowest BCUT2D eigenvalue weighted by Crippen LogP contribution is -1.84. The Kier molecular flexibility index (Phi) is 7.27. The maximum absolute atomic E-state index is 4.31. The highest BCUT2D eigenvalue weighted by molar-refractivity contribution is 5.82. The number of nitrogens with zero attached hydrogens (tertiary/aromatic N) is 1. The third kappa shape index (κ3) is 6.32. The molecule has 0 fully saturated rings. The molecule has 0 amide bonds. The van der Waals surface area contributed by atoms with Crippen molar-refractivity contribution < 1.29 is 0 Å². The Morgan fingerprint density at radius 1 is 1.15 bits per heavy atom. The molecule has 0 aromatic rings. The van der Waals surface area contributed by atoms with Crippen LogP contribution in [0.1, 0.15) is 47.0 Å². The molecule has 1 heteroatoms. The maximum atomic E-state index is 4.31. The van der Waals surface area contributed by atoms with Gasteiger partial charge in [-0.3, -0.25) is 4.99 Å². The maximum Gasteiger partial charge on any atom is 0.0269 e. The minimum Gasteiger partial charge on any atom is -0.266 e. The third-order valence-corrected chi connectivity index (χ3v) is 1.97. The van der Waals surface area contributed by atoms with Crippen molar-refractivity contribution in [2.75, 3.05) is 0 Å². The monoisotopic (exact) mass is 179 g/mol. The van der Waals surface area contributed by atoms with Gasteiger partial charge in [0.25, 0.3) is 0 Å². The van der Waals surface area contributed by atoms with Gasteiger partial charge < -0.3 is 0 Å². The molecular weight excluding hydrogens is 158 g/mol. The van der Waals surface area contributed by atoms with Gasteiger partial charge >= 0.3 is 0 Å². The minimum atomic E-state index is 1.03. The summed E-state index contributed by atoms with van der Waals surface area (Å²) in [6.07, 6.45) is 9.47. The lowest BCUT2D eigenvalue weighted by atomic mass is 10.2. The second-order valence-electron chi connectivity index (χ2n) is 3.07. The van der Waals surface area contributed by atoms with Gasteiger partial charge in [0.2, 0.25) is 0 Å². The molecule has 0 unspecified atom stereocenters. The van der Waals surface area contributed by atoms with Crippen molar-refractivity contribution in [2.24, 2.45) is 4.99 Å². The second kappa shape index (κ2) is 7.78. The Morgan fingerprint density at radius 2 is 1.85 bits per heavy atom. The number of aliphatic imine (C=N–C) groups is 1. The SMILES string of the molecule is CC/C=C(/C=C\N=C(/C)CC)CC. The Hall–Kier alpha value is -0.850. The largest absolute Gasteiger partial charge is 0.266 e. The van der Waals surface area contributed by atoms with Crippen molar-refractivity contribution in [3.63, 3.8) is 0 Å². The highest BCUT2D eigenvalue weighted by Crippen LogP contribution is 2.04. The molecule has 74 valence electrons. The molecular formula is C12H21N. The molecule has 0 saturated carbocycles. The van der Waals surface area contributed by atoms with Gasteiger partial charge in [0, 0.05) is 11.9 Å². The Labute approximate surface area is 82.3 Å². The Balaban J connectivity index is 4.16. The summed E-state index contributed by atoms with van der Waals surface area (Å²) in [6, 6.07) is 0. The third-order valence-electron chi connectivity index (χ3n) is 1.97. The predicted molar refractivity (Wildman–Crippen MR) is 61.2 cm³/mol. The molecule has 0 bridgehead atoms. The molecule has 0 aliphatic carbocycles. The van der Waals surface area contributed by atoms with E-state index in [-0.39, 0.29) is 0 Å². The molecule has 0 saturated heterocycles. The summed E-state index contributed by atoms with van der Waals surface area (Å²) in [7, 11) is 0. The van der Waals surface area contributed by atoms with E-state index in [2.05, 4.69) is 44.8 Å². The highest BCUT2D eigenvalue weighted by atomic mass is 14.7. The molecule has 13 heavy (non-hydrogen) atoms. The zero-order valence-electron chi connectivity index (χ0n) is 9.30. The summed E-state index contributed by atoms with van der Waals surface area (Å²) in [6.45, 7) is 8.50. The summed E-state index contributed by atoms with van der Waals surface area (Å²) >= 11 is 0. The standard InChI is InChI=1S/C12H21N/c1-5-8-12(7-3)9-10-13-11(4)6-2/h8-10H,5-7H2,1-4H3/b10-9-,12-8+,13-11+. The summed E-state index contributed by atoms with van der Waals surface area (Å²) in [4.78, 5) is 4.31.